The third kappa shape index (κ3) is 6.73. The van der Waals surface area contributed by atoms with Crippen molar-refractivity contribution in [3.8, 4) is 11.5 Å². The van der Waals surface area contributed by atoms with Gasteiger partial charge in [0.2, 0.25) is 0 Å². The first-order valence-electron chi connectivity index (χ1n) is 10.8. The van der Waals surface area contributed by atoms with Crippen molar-refractivity contribution in [3.05, 3.63) is 78.4 Å². The molecule has 3 rings (SSSR count). The van der Waals surface area contributed by atoms with Gasteiger partial charge in [-0.3, -0.25) is 9.52 Å². The number of carbonyl (C=O) groups excluding carboxylic acids is 1. The molecule has 0 aliphatic heterocycles. The predicted octanol–water partition coefficient (Wildman–Crippen LogP) is 5.32. The largest absolute Gasteiger partial charge is 0.494 e. The summed E-state index contributed by atoms with van der Waals surface area (Å²) in [6.07, 6.45) is 1.90. The second-order valence-corrected chi connectivity index (χ2v) is 8.92. The van der Waals surface area contributed by atoms with E-state index >= 15 is 0 Å². The quantitative estimate of drug-likeness (QED) is 0.372. The van der Waals surface area contributed by atoms with E-state index in [2.05, 4.69) is 17.0 Å². The van der Waals surface area contributed by atoms with Crippen LogP contribution in [-0.2, 0) is 10.0 Å². The van der Waals surface area contributed by atoms with E-state index in [0.717, 1.165) is 12.8 Å². The van der Waals surface area contributed by atoms with E-state index in [4.69, 9.17) is 9.47 Å². The zero-order valence-electron chi connectivity index (χ0n) is 18.7. The lowest BCUT2D eigenvalue weighted by Crippen LogP contribution is -2.15. The molecule has 0 fully saturated rings. The van der Waals surface area contributed by atoms with Crippen molar-refractivity contribution in [1.82, 2.24) is 0 Å². The van der Waals surface area contributed by atoms with Crippen LogP contribution in [0.15, 0.2) is 77.7 Å². The van der Waals surface area contributed by atoms with Crippen LogP contribution in [0.4, 0.5) is 11.4 Å². The van der Waals surface area contributed by atoms with Crippen molar-refractivity contribution < 1.29 is 22.7 Å². The number of unbranched alkanes of at least 4 members (excludes halogenated alkanes) is 1. The van der Waals surface area contributed by atoms with Crippen LogP contribution in [0.25, 0.3) is 0 Å². The van der Waals surface area contributed by atoms with E-state index in [9.17, 15) is 13.2 Å². The lowest BCUT2D eigenvalue weighted by atomic mass is 10.2. The summed E-state index contributed by atoms with van der Waals surface area (Å²) in [5.41, 5.74) is 1.32. The third-order valence-corrected chi connectivity index (χ3v) is 6.12. The topological polar surface area (TPSA) is 93.7 Å². The monoisotopic (exact) mass is 468 g/mol. The Morgan fingerprint density at radius 2 is 1.52 bits per heavy atom. The van der Waals surface area contributed by atoms with Crippen molar-refractivity contribution in [2.24, 2.45) is 0 Å². The van der Waals surface area contributed by atoms with Crippen molar-refractivity contribution >= 4 is 27.3 Å². The zero-order valence-corrected chi connectivity index (χ0v) is 19.5. The minimum absolute atomic E-state index is 0.0812. The van der Waals surface area contributed by atoms with Crippen molar-refractivity contribution in [3.63, 3.8) is 0 Å². The predicted molar refractivity (Wildman–Crippen MR) is 130 cm³/mol. The smallest absolute Gasteiger partial charge is 0.261 e. The molecule has 0 heterocycles. The molecule has 0 saturated heterocycles. The van der Waals surface area contributed by atoms with Crippen molar-refractivity contribution in [2.75, 3.05) is 23.3 Å². The highest BCUT2D eigenvalue weighted by molar-refractivity contribution is 7.92. The molecule has 1 amide bonds. The standard InChI is InChI=1S/C25H28N2O5S/c1-3-5-18-32-24-9-7-6-8-23(24)25(28)26-19-12-16-22(17-13-19)33(29,30)27-20-10-14-21(15-11-20)31-4-2/h6-17,27H,3-5,18H2,1-2H3,(H,26,28). The average molecular weight is 469 g/mol. The second-order valence-electron chi connectivity index (χ2n) is 7.24. The molecule has 8 heteroatoms. The van der Waals surface area contributed by atoms with Gasteiger partial charge in [-0.1, -0.05) is 25.5 Å². The van der Waals surface area contributed by atoms with Gasteiger partial charge in [-0.15, -0.1) is 0 Å². The van der Waals surface area contributed by atoms with Gasteiger partial charge in [-0.25, -0.2) is 8.42 Å². The van der Waals surface area contributed by atoms with Gasteiger partial charge >= 0.3 is 0 Å². The van der Waals surface area contributed by atoms with Gasteiger partial charge in [0.15, 0.2) is 0 Å². The molecular formula is C25H28N2O5S. The number of benzene rings is 3. The molecule has 2 N–H and O–H groups in total. The fourth-order valence-electron chi connectivity index (χ4n) is 3.02. The Balaban J connectivity index is 1.67. The molecule has 0 unspecified atom stereocenters. The van der Waals surface area contributed by atoms with Gasteiger partial charge in [0.05, 0.1) is 23.7 Å². The van der Waals surface area contributed by atoms with Crippen LogP contribution >= 0.6 is 0 Å². The van der Waals surface area contributed by atoms with E-state index in [1.807, 2.05) is 13.0 Å². The molecule has 0 aliphatic rings. The summed E-state index contributed by atoms with van der Waals surface area (Å²) < 4.78 is 39.0. The number of anilines is 2. The summed E-state index contributed by atoms with van der Waals surface area (Å²) in [5.74, 6) is 0.852. The molecule has 0 bridgehead atoms. The SMILES string of the molecule is CCCCOc1ccccc1C(=O)Nc1ccc(S(=O)(=O)Nc2ccc(OCC)cc2)cc1. The zero-order chi connectivity index (χ0) is 23.7. The van der Waals surface area contributed by atoms with E-state index in [0.29, 0.717) is 41.7 Å². The Hall–Kier alpha value is -3.52. The first-order valence-corrected chi connectivity index (χ1v) is 12.3. The Morgan fingerprint density at radius 3 is 2.18 bits per heavy atom. The number of carbonyl (C=O) groups is 1. The summed E-state index contributed by atoms with van der Waals surface area (Å²) in [6.45, 7) is 5.02. The molecular weight excluding hydrogens is 440 g/mol. The number of nitrogens with one attached hydrogen (secondary N) is 2. The molecule has 33 heavy (non-hydrogen) atoms. The fraction of sp³-hybridized carbons (Fsp3) is 0.240. The number of hydrogen-bond donors (Lipinski definition) is 2. The number of para-hydroxylation sites is 1. The first kappa shape index (κ1) is 24.1. The van der Waals surface area contributed by atoms with Crippen LogP contribution in [0.5, 0.6) is 11.5 Å². The van der Waals surface area contributed by atoms with E-state index < -0.39 is 10.0 Å². The highest BCUT2D eigenvalue weighted by Crippen LogP contribution is 2.23. The molecule has 3 aromatic carbocycles. The normalized spacial score (nSPS) is 11.0. The van der Waals surface area contributed by atoms with Crippen LogP contribution in [0, 0.1) is 0 Å². The van der Waals surface area contributed by atoms with Gasteiger partial charge in [0, 0.05) is 11.4 Å². The Kier molecular flexibility index (Phi) is 8.32. The van der Waals surface area contributed by atoms with Gasteiger partial charge in [-0.2, -0.15) is 0 Å². The van der Waals surface area contributed by atoms with Gasteiger partial charge < -0.3 is 14.8 Å². The third-order valence-electron chi connectivity index (χ3n) is 4.73. The molecule has 0 aliphatic carbocycles. The van der Waals surface area contributed by atoms with Gasteiger partial charge in [0.1, 0.15) is 11.5 Å². The molecule has 0 atom stereocenters. The summed E-state index contributed by atoms with van der Waals surface area (Å²) in [4.78, 5) is 12.8. The lowest BCUT2D eigenvalue weighted by Gasteiger charge is -2.12. The number of ether oxygens (including phenoxy) is 2. The van der Waals surface area contributed by atoms with Crippen LogP contribution in [-0.4, -0.2) is 27.5 Å². The Labute approximate surface area is 194 Å². The Bertz CT molecular complexity index is 1160. The molecule has 7 nitrogen and oxygen atoms in total. The van der Waals surface area contributed by atoms with Crippen LogP contribution in [0.3, 0.4) is 0 Å². The molecule has 0 saturated carbocycles. The van der Waals surface area contributed by atoms with Crippen molar-refractivity contribution in [2.45, 2.75) is 31.6 Å². The second kappa shape index (κ2) is 11.4. The first-order chi connectivity index (χ1) is 15.9. The fourth-order valence-corrected chi connectivity index (χ4v) is 4.08. The minimum atomic E-state index is -3.78. The van der Waals surface area contributed by atoms with E-state index in [1.54, 1.807) is 54.6 Å². The summed E-state index contributed by atoms with van der Waals surface area (Å²) in [5, 5.41) is 2.79. The van der Waals surface area contributed by atoms with Crippen molar-refractivity contribution in [1.29, 1.82) is 0 Å². The summed E-state index contributed by atoms with van der Waals surface area (Å²) in [7, 11) is -3.78. The Morgan fingerprint density at radius 1 is 0.848 bits per heavy atom. The minimum Gasteiger partial charge on any atom is -0.494 e. The maximum Gasteiger partial charge on any atom is 0.261 e. The lowest BCUT2D eigenvalue weighted by molar-refractivity contribution is 0.102. The number of rotatable bonds is 11. The van der Waals surface area contributed by atoms with Gasteiger partial charge in [-0.05, 0) is 74.0 Å². The highest BCUT2D eigenvalue weighted by Gasteiger charge is 2.16. The number of sulfonamides is 1. The number of amides is 1. The molecule has 0 aromatic heterocycles. The highest BCUT2D eigenvalue weighted by atomic mass is 32.2. The maximum absolute atomic E-state index is 12.7. The van der Waals surface area contributed by atoms with Crippen LogP contribution < -0.4 is 19.5 Å². The summed E-state index contributed by atoms with van der Waals surface area (Å²) >= 11 is 0. The molecule has 174 valence electrons. The molecule has 0 spiro atoms. The average Bonchev–Trinajstić information content (AvgIpc) is 2.81. The maximum atomic E-state index is 12.7. The molecule has 3 aromatic rings. The van der Waals surface area contributed by atoms with Gasteiger partial charge in [0.25, 0.3) is 15.9 Å². The van der Waals surface area contributed by atoms with E-state index in [-0.39, 0.29) is 10.8 Å². The van der Waals surface area contributed by atoms with Crippen LogP contribution in [0.1, 0.15) is 37.0 Å². The molecule has 0 radical (unpaired) electrons. The summed E-state index contributed by atoms with van der Waals surface area (Å²) in [6, 6.07) is 19.7. The van der Waals surface area contributed by atoms with E-state index in [1.165, 1.54) is 12.1 Å². The number of hydrogen-bond acceptors (Lipinski definition) is 5. The van der Waals surface area contributed by atoms with Crippen LogP contribution in [0.2, 0.25) is 0 Å².